The minimum atomic E-state index is -0.416. The summed E-state index contributed by atoms with van der Waals surface area (Å²) in [4.78, 5) is 43.0. The molecule has 0 radical (unpaired) electrons. The van der Waals surface area contributed by atoms with E-state index in [4.69, 9.17) is 16.7 Å². The van der Waals surface area contributed by atoms with Crippen LogP contribution in [0.25, 0.3) is 33.4 Å². The average Bonchev–Trinajstić information content (AvgIpc) is 2.80. The lowest BCUT2D eigenvalue weighted by molar-refractivity contribution is -0.121. The van der Waals surface area contributed by atoms with Crippen molar-refractivity contribution in [2.24, 2.45) is 0 Å². The summed E-state index contributed by atoms with van der Waals surface area (Å²) in [5.41, 5.74) is 2.98. The maximum Gasteiger partial charge on any atom is 0.260 e. The number of halogens is 1. The first-order valence-corrected chi connectivity index (χ1v) is 10.6. The summed E-state index contributed by atoms with van der Waals surface area (Å²) in [5.74, 6) is 0.0566. The van der Waals surface area contributed by atoms with Gasteiger partial charge in [0.2, 0.25) is 5.91 Å². The third kappa shape index (κ3) is 4.74. The molecule has 0 aliphatic carbocycles. The van der Waals surface area contributed by atoms with Gasteiger partial charge in [-0.1, -0.05) is 23.7 Å². The number of hydrogen-bond acceptors (Lipinski definition) is 7. The number of amides is 1. The van der Waals surface area contributed by atoms with Gasteiger partial charge in [0.25, 0.3) is 5.56 Å². The molecule has 9 nitrogen and oxygen atoms in total. The van der Waals surface area contributed by atoms with E-state index >= 15 is 0 Å². The van der Waals surface area contributed by atoms with Crippen LogP contribution in [0.15, 0.2) is 47.7 Å². The van der Waals surface area contributed by atoms with Gasteiger partial charge in [-0.3, -0.25) is 19.1 Å². The van der Waals surface area contributed by atoms with Crippen molar-refractivity contribution in [3.8, 4) is 22.4 Å². The lowest BCUT2D eigenvalue weighted by Gasteiger charge is -2.14. The molecule has 0 bridgehead atoms. The molecule has 33 heavy (non-hydrogen) atoms. The normalized spacial score (nSPS) is 11.0. The Labute approximate surface area is 194 Å². The quantitative estimate of drug-likeness (QED) is 0.448. The van der Waals surface area contributed by atoms with Crippen molar-refractivity contribution in [1.29, 1.82) is 0 Å². The summed E-state index contributed by atoms with van der Waals surface area (Å²) in [6, 6.07) is 6.97. The molecule has 1 aromatic carbocycles. The zero-order valence-corrected chi connectivity index (χ0v) is 18.8. The highest BCUT2D eigenvalue weighted by Gasteiger charge is 2.17. The van der Waals surface area contributed by atoms with Gasteiger partial charge >= 0.3 is 0 Å². The Balaban J connectivity index is 1.84. The first kappa shape index (κ1) is 22.5. The van der Waals surface area contributed by atoms with Crippen LogP contribution in [0.2, 0.25) is 5.02 Å². The number of benzene rings is 1. The number of rotatable bonds is 6. The molecular formula is C23H21ClN6O3. The minimum Gasteiger partial charge on any atom is -0.395 e. The molecule has 0 saturated carbocycles. The van der Waals surface area contributed by atoms with E-state index in [9.17, 15) is 9.59 Å². The van der Waals surface area contributed by atoms with Crippen molar-refractivity contribution >= 4 is 28.5 Å². The number of aliphatic hydroxyl groups excluding tert-OH is 1. The molecule has 0 unspecified atom stereocenters. The molecule has 3 heterocycles. The monoisotopic (exact) mass is 464 g/mol. The Bertz CT molecular complexity index is 1420. The van der Waals surface area contributed by atoms with Crippen LogP contribution in [0.3, 0.4) is 0 Å². The number of nitrogens with zero attached hydrogens (tertiary/aromatic N) is 5. The second-order valence-electron chi connectivity index (χ2n) is 7.46. The van der Waals surface area contributed by atoms with Gasteiger partial charge in [0, 0.05) is 46.0 Å². The van der Waals surface area contributed by atoms with Crippen LogP contribution in [0, 0.1) is 13.8 Å². The number of fused-ring (bicyclic) bond motifs is 1. The fourth-order valence-corrected chi connectivity index (χ4v) is 3.76. The van der Waals surface area contributed by atoms with Crippen LogP contribution in [0.1, 0.15) is 11.5 Å². The summed E-state index contributed by atoms with van der Waals surface area (Å²) in [6.07, 6.45) is 4.91. The first-order valence-electron chi connectivity index (χ1n) is 10.2. The Hall–Kier alpha value is -3.69. The number of aryl methyl sites for hydroxylation is 2. The van der Waals surface area contributed by atoms with Crippen LogP contribution < -0.4 is 10.9 Å². The Morgan fingerprint density at radius 2 is 1.94 bits per heavy atom. The summed E-state index contributed by atoms with van der Waals surface area (Å²) in [6.45, 7) is 3.20. The van der Waals surface area contributed by atoms with Gasteiger partial charge in [-0.15, -0.1) is 0 Å². The van der Waals surface area contributed by atoms with E-state index in [-0.39, 0.29) is 19.7 Å². The van der Waals surface area contributed by atoms with E-state index in [1.54, 1.807) is 43.7 Å². The highest BCUT2D eigenvalue weighted by atomic mass is 35.5. The number of aliphatic hydroxyl groups is 1. The van der Waals surface area contributed by atoms with Crippen molar-refractivity contribution in [3.05, 3.63) is 69.8 Å². The van der Waals surface area contributed by atoms with Crippen LogP contribution >= 0.6 is 11.6 Å². The summed E-state index contributed by atoms with van der Waals surface area (Å²) >= 11 is 6.59. The van der Waals surface area contributed by atoms with Crippen molar-refractivity contribution in [2.75, 3.05) is 13.2 Å². The zero-order valence-electron chi connectivity index (χ0n) is 18.0. The lowest BCUT2D eigenvalue weighted by atomic mass is 10.0. The Morgan fingerprint density at radius 3 is 2.67 bits per heavy atom. The van der Waals surface area contributed by atoms with E-state index in [0.29, 0.717) is 38.7 Å². The molecule has 1 amide bonds. The van der Waals surface area contributed by atoms with Gasteiger partial charge in [-0.2, -0.15) is 0 Å². The highest BCUT2D eigenvalue weighted by Crippen LogP contribution is 2.31. The molecule has 0 spiro atoms. The predicted octanol–water partition coefficient (Wildman–Crippen LogP) is 2.29. The molecule has 4 rings (SSSR count). The number of nitrogens with one attached hydrogen (secondary N) is 1. The van der Waals surface area contributed by atoms with Crippen LogP contribution in [0.5, 0.6) is 0 Å². The average molecular weight is 465 g/mol. The second-order valence-corrected chi connectivity index (χ2v) is 7.87. The van der Waals surface area contributed by atoms with E-state index < -0.39 is 11.5 Å². The predicted molar refractivity (Wildman–Crippen MR) is 125 cm³/mol. The molecule has 168 valence electrons. The second kappa shape index (κ2) is 9.43. The fraction of sp³-hybridized carbons (Fsp3) is 0.217. The van der Waals surface area contributed by atoms with E-state index in [0.717, 1.165) is 11.3 Å². The SMILES string of the molecule is Cc1cncc(-c2ccc(-c3cc4cnc(C)nc4n(CC(=O)NCCO)c3=O)c(Cl)c2)n1. The standard InChI is InChI=1S/C23H21ClN6O3/c1-13-9-25-11-20(28-13)15-3-4-17(19(24)8-15)18-7-16-10-27-14(2)29-22(16)30(23(18)33)12-21(32)26-5-6-31/h3-4,7-11,31H,5-6,12H2,1-2H3,(H,26,32). The molecule has 0 saturated heterocycles. The van der Waals surface area contributed by atoms with Gasteiger partial charge in [0.1, 0.15) is 18.0 Å². The van der Waals surface area contributed by atoms with Crippen molar-refractivity contribution in [3.63, 3.8) is 0 Å². The molecule has 10 heteroatoms. The van der Waals surface area contributed by atoms with Crippen molar-refractivity contribution < 1.29 is 9.90 Å². The number of carbonyl (C=O) groups is 1. The van der Waals surface area contributed by atoms with E-state index in [2.05, 4.69) is 25.3 Å². The Kier molecular flexibility index (Phi) is 6.43. The van der Waals surface area contributed by atoms with Gasteiger partial charge in [0.05, 0.1) is 24.2 Å². The zero-order chi connectivity index (χ0) is 23.5. The molecule has 0 aliphatic heterocycles. The third-order valence-corrected chi connectivity index (χ3v) is 5.31. The fourth-order valence-electron chi connectivity index (χ4n) is 3.47. The molecule has 0 fully saturated rings. The molecule has 0 aliphatic rings. The van der Waals surface area contributed by atoms with Gasteiger partial charge in [-0.05, 0) is 26.0 Å². The largest absolute Gasteiger partial charge is 0.395 e. The first-order chi connectivity index (χ1) is 15.9. The maximum atomic E-state index is 13.4. The van der Waals surface area contributed by atoms with Crippen molar-refractivity contribution in [1.82, 2.24) is 29.8 Å². The summed E-state index contributed by atoms with van der Waals surface area (Å²) in [5, 5.41) is 12.5. The minimum absolute atomic E-state index is 0.0916. The molecule has 2 N–H and O–H groups in total. The molecule has 4 aromatic rings. The lowest BCUT2D eigenvalue weighted by Crippen LogP contribution is -2.34. The number of carbonyl (C=O) groups excluding carboxylic acids is 1. The molecule has 0 atom stereocenters. The molecule has 3 aromatic heterocycles. The third-order valence-electron chi connectivity index (χ3n) is 4.99. The van der Waals surface area contributed by atoms with E-state index in [1.165, 1.54) is 4.57 Å². The molecular weight excluding hydrogens is 444 g/mol. The van der Waals surface area contributed by atoms with Gasteiger partial charge in [0.15, 0.2) is 0 Å². The number of aromatic nitrogens is 5. The maximum absolute atomic E-state index is 13.4. The van der Waals surface area contributed by atoms with Gasteiger partial charge < -0.3 is 10.4 Å². The van der Waals surface area contributed by atoms with Crippen LogP contribution in [0.4, 0.5) is 0 Å². The smallest absolute Gasteiger partial charge is 0.260 e. The topological polar surface area (TPSA) is 123 Å². The summed E-state index contributed by atoms with van der Waals surface area (Å²) < 4.78 is 1.29. The number of hydrogen-bond donors (Lipinski definition) is 2. The van der Waals surface area contributed by atoms with E-state index in [1.807, 2.05) is 13.0 Å². The Morgan fingerprint density at radius 1 is 1.12 bits per heavy atom. The van der Waals surface area contributed by atoms with Gasteiger partial charge in [-0.25, -0.2) is 15.0 Å². The number of pyridine rings is 1. The van der Waals surface area contributed by atoms with Crippen molar-refractivity contribution in [2.45, 2.75) is 20.4 Å². The summed E-state index contributed by atoms with van der Waals surface area (Å²) in [7, 11) is 0. The highest BCUT2D eigenvalue weighted by molar-refractivity contribution is 6.33. The van der Waals surface area contributed by atoms with Crippen LogP contribution in [-0.4, -0.2) is 48.7 Å². The van der Waals surface area contributed by atoms with Crippen LogP contribution in [-0.2, 0) is 11.3 Å².